The number of esters is 1. The van der Waals surface area contributed by atoms with Gasteiger partial charge >= 0.3 is 5.97 Å². The van der Waals surface area contributed by atoms with Crippen molar-refractivity contribution < 1.29 is 19.4 Å². The fourth-order valence-electron chi connectivity index (χ4n) is 0.645. The Morgan fingerprint density at radius 3 is 2.67 bits per heavy atom. The van der Waals surface area contributed by atoms with E-state index in [0.29, 0.717) is 0 Å². The minimum Gasteiger partial charge on any atom is -0.460 e. The lowest BCUT2D eigenvalue weighted by Crippen LogP contribution is -2.34. The molecule has 0 aromatic carbocycles. The smallest absolute Gasteiger partial charge is 0.333 e. The molecule has 0 saturated heterocycles. The fourth-order valence-corrected chi connectivity index (χ4v) is 0.645. The molecule has 1 unspecified atom stereocenters. The fraction of sp³-hybridized carbons (Fsp3) is 0.400. The molecule has 1 amide bonds. The third-order valence-electron chi connectivity index (χ3n) is 1.45. The minimum absolute atomic E-state index is 0.00826. The lowest BCUT2D eigenvalue weighted by atomic mass is 10.3. The molecule has 0 bridgehead atoms. The summed E-state index contributed by atoms with van der Waals surface area (Å²) < 4.78 is 4.67. The summed E-state index contributed by atoms with van der Waals surface area (Å²) in [5.74, 6) is -0.954. The highest BCUT2D eigenvalue weighted by molar-refractivity contribution is 5.87. The summed E-state index contributed by atoms with van der Waals surface area (Å²) in [5.41, 5.74) is 0.261. The molecule has 0 aliphatic heterocycles. The Hall–Kier alpha value is -1.62. The van der Waals surface area contributed by atoms with E-state index < -0.39 is 12.1 Å². The Kier molecular flexibility index (Phi) is 6.05. The largest absolute Gasteiger partial charge is 0.460 e. The van der Waals surface area contributed by atoms with Crippen molar-refractivity contribution >= 4 is 11.9 Å². The lowest BCUT2D eigenvalue weighted by molar-refractivity contribution is -0.141. The van der Waals surface area contributed by atoms with Gasteiger partial charge in [-0.05, 0) is 13.0 Å². The highest BCUT2D eigenvalue weighted by Gasteiger charge is 2.09. The van der Waals surface area contributed by atoms with Gasteiger partial charge in [0.1, 0.15) is 12.7 Å². The van der Waals surface area contributed by atoms with E-state index in [1.807, 2.05) is 0 Å². The molecule has 2 N–H and O–H groups in total. The molecule has 0 saturated carbocycles. The molecule has 0 heterocycles. The van der Waals surface area contributed by atoms with Crippen molar-refractivity contribution in [3.8, 4) is 0 Å². The molecule has 0 aromatic rings. The topological polar surface area (TPSA) is 75.6 Å². The first-order chi connectivity index (χ1) is 6.97. The first-order valence-electron chi connectivity index (χ1n) is 4.38. The maximum Gasteiger partial charge on any atom is 0.333 e. The minimum atomic E-state index is -0.933. The van der Waals surface area contributed by atoms with Crippen molar-refractivity contribution in [2.45, 2.75) is 13.0 Å². The Morgan fingerprint density at radius 1 is 1.60 bits per heavy atom. The zero-order valence-corrected chi connectivity index (χ0v) is 8.66. The van der Waals surface area contributed by atoms with Crippen LogP contribution in [-0.2, 0) is 14.3 Å². The van der Waals surface area contributed by atoms with E-state index in [1.54, 1.807) is 0 Å². The number of aliphatic hydroxyl groups is 1. The standard InChI is InChI=1S/C10H15NO4/c1-4-9(13)11-5-8(12)6-15-10(14)7(2)3/h4,8,12H,1-2,5-6H2,3H3,(H,11,13). The number of carbonyl (C=O) groups excluding carboxylic acids is 2. The number of aliphatic hydroxyl groups excluding tert-OH is 1. The third-order valence-corrected chi connectivity index (χ3v) is 1.45. The molecular weight excluding hydrogens is 198 g/mol. The molecule has 0 rings (SSSR count). The van der Waals surface area contributed by atoms with Gasteiger partial charge in [0.2, 0.25) is 5.91 Å². The molecule has 0 spiro atoms. The van der Waals surface area contributed by atoms with Crippen LogP contribution in [0, 0.1) is 0 Å². The predicted molar refractivity (Wildman–Crippen MR) is 55.0 cm³/mol. The highest BCUT2D eigenvalue weighted by Crippen LogP contribution is 1.93. The van der Waals surface area contributed by atoms with Crippen LogP contribution < -0.4 is 5.32 Å². The molecule has 0 aromatic heterocycles. The normalized spacial score (nSPS) is 11.3. The number of ether oxygens (including phenoxy) is 1. The number of rotatable bonds is 6. The zero-order chi connectivity index (χ0) is 11.8. The Labute approximate surface area is 88.4 Å². The van der Waals surface area contributed by atoms with Gasteiger partial charge in [-0.1, -0.05) is 13.2 Å². The number of hydrogen-bond acceptors (Lipinski definition) is 4. The summed E-state index contributed by atoms with van der Waals surface area (Å²) >= 11 is 0. The second-order valence-corrected chi connectivity index (χ2v) is 2.98. The van der Waals surface area contributed by atoms with Gasteiger partial charge in [0.25, 0.3) is 0 Å². The van der Waals surface area contributed by atoms with Crippen LogP contribution in [0.4, 0.5) is 0 Å². The van der Waals surface area contributed by atoms with Crippen LogP contribution >= 0.6 is 0 Å². The molecule has 0 radical (unpaired) electrons. The summed E-state index contributed by atoms with van der Waals surface area (Å²) in [5, 5.41) is 11.6. The van der Waals surface area contributed by atoms with Gasteiger partial charge in [0.05, 0.1) is 0 Å². The van der Waals surface area contributed by atoms with Gasteiger partial charge in [-0.15, -0.1) is 0 Å². The van der Waals surface area contributed by atoms with Crippen LogP contribution in [0.5, 0.6) is 0 Å². The molecule has 0 fully saturated rings. The van der Waals surface area contributed by atoms with E-state index in [4.69, 9.17) is 0 Å². The van der Waals surface area contributed by atoms with Crippen molar-refractivity contribution in [3.05, 3.63) is 24.8 Å². The first kappa shape index (κ1) is 13.4. The highest BCUT2D eigenvalue weighted by atomic mass is 16.5. The van der Waals surface area contributed by atoms with E-state index in [9.17, 15) is 14.7 Å². The van der Waals surface area contributed by atoms with Crippen molar-refractivity contribution in [2.75, 3.05) is 13.2 Å². The maximum absolute atomic E-state index is 10.9. The summed E-state index contributed by atoms with van der Waals surface area (Å²) in [7, 11) is 0. The third kappa shape index (κ3) is 6.45. The predicted octanol–water partition coefficient (Wildman–Crippen LogP) is -0.231. The van der Waals surface area contributed by atoms with Crippen LogP contribution in [0.3, 0.4) is 0 Å². The van der Waals surface area contributed by atoms with Crippen LogP contribution in [-0.4, -0.2) is 36.2 Å². The van der Waals surface area contributed by atoms with Crippen LogP contribution in [0.1, 0.15) is 6.92 Å². The molecule has 0 aliphatic rings. The Bertz CT molecular complexity index is 273. The van der Waals surface area contributed by atoms with Gasteiger partial charge in [-0.25, -0.2) is 4.79 Å². The number of carbonyl (C=O) groups is 2. The van der Waals surface area contributed by atoms with Gasteiger partial charge in [0, 0.05) is 12.1 Å². The summed E-state index contributed by atoms with van der Waals surface area (Å²) in [6.45, 7) is 7.97. The van der Waals surface area contributed by atoms with E-state index in [-0.39, 0.29) is 24.6 Å². The number of hydrogen-bond donors (Lipinski definition) is 2. The van der Waals surface area contributed by atoms with Gasteiger partial charge < -0.3 is 15.2 Å². The van der Waals surface area contributed by atoms with Crippen molar-refractivity contribution in [2.24, 2.45) is 0 Å². The molecule has 5 heteroatoms. The van der Waals surface area contributed by atoms with Crippen molar-refractivity contribution in [1.29, 1.82) is 0 Å². The Balaban J connectivity index is 3.70. The maximum atomic E-state index is 10.9. The molecule has 1 atom stereocenters. The SMILES string of the molecule is C=CC(=O)NCC(O)COC(=O)C(=C)C. The van der Waals surface area contributed by atoms with Crippen molar-refractivity contribution in [3.63, 3.8) is 0 Å². The second-order valence-electron chi connectivity index (χ2n) is 2.98. The van der Waals surface area contributed by atoms with Crippen LogP contribution in [0.15, 0.2) is 24.8 Å². The van der Waals surface area contributed by atoms with Gasteiger partial charge in [-0.3, -0.25) is 4.79 Å². The lowest BCUT2D eigenvalue weighted by Gasteiger charge is -2.11. The van der Waals surface area contributed by atoms with Crippen molar-refractivity contribution in [1.82, 2.24) is 5.32 Å². The van der Waals surface area contributed by atoms with E-state index in [2.05, 4.69) is 23.2 Å². The van der Waals surface area contributed by atoms with Crippen LogP contribution in [0.25, 0.3) is 0 Å². The average Bonchev–Trinajstić information content (AvgIpc) is 2.21. The molecule has 5 nitrogen and oxygen atoms in total. The second kappa shape index (κ2) is 6.78. The van der Waals surface area contributed by atoms with E-state index in [1.165, 1.54) is 6.92 Å². The summed E-state index contributed by atoms with van der Waals surface area (Å²) in [6.07, 6.45) is 0.157. The summed E-state index contributed by atoms with van der Waals surface area (Å²) in [6, 6.07) is 0. The first-order valence-corrected chi connectivity index (χ1v) is 4.38. The monoisotopic (exact) mass is 213 g/mol. The average molecular weight is 213 g/mol. The zero-order valence-electron chi connectivity index (χ0n) is 8.66. The van der Waals surface area contributed by atoms with E-state index >= 15 is 0 Å². The Morgan fingerprint density at radius 2 is 2.20 bits per heavy atom. The van der Waals surface area contributed by atoms with Gasteiger partial charge in [0.15, 0.2) is 0 Å². The van der Waals surface area contributed by atoms with Crippen LogP contribution in [0.2, 0.25) is 0 Å². The number of amides is 1. The van der Waals surface area contributed by atoms with E-state index in [0.717, 1.165) is 6.08 Å². The van der Waals surface area contributed by atoms with Gasteiger partial charge in [-0.2, -0.15) is 0 Å². The quantitative estimate of drug-likeness (QED) is 0.472. The summed E-state index contributed by atoms with van der Waals surface area (Å²) in [4.78, 5) is 21.6. The molecule has 0 aliphatic carbocycles. The molecular formula is C10H15NO4. The molecule has 15 heavy (non-hydrogen) atoms. The molecule has 84 valence electrons. The number of nitrogens with one attached hydrogen (secondary N) is 1.